The van der Waals surface area contributed by atoms with Crippen molar-refractivity contribution in [2.45, 2.75) is 45.6 Å². The van der Waals surface area contributed by atoms with Crippen LogP contribution < -0.4 is 4.74 Å². The summed E-state index contributed by atoms with van der Waals surface area (Å²) in [5.41, 5.74) is 0.0794. The van der Waals surface area contributed by atoms with Crippen molar-refractivity contribution in [3.05, 3.63) is 29.6 Å². The topological polar surface area (TPSA) is 26.3 Å². The molecule has 1 aromatic rings. The summed E-state index contributed by atoms with van der Waals surface area (Å²) in [4.78, 5) is 11.5. The third-order valence-corrected chi connectivity index (χ3v) is 3.51. The maximum absolute atomic E-state index is 13.6. The molecule has 18 heavy (non-hydrogen) atoms. The molecule has 0 heterocycles. The van der Waals surface area contributed by atoms with Gasteiger partial charge < -0.3 is 4.74 Å². The number of rotatable bonds is 3. The molecule has 0 saturated heterocycles. The normalized spacial score (nSPS) is 23.7. The molecule has 1 aliphatic carbocycles. The first-order chi connectivity index (χ1) is 8.58. The molecule has 0 radical (unpaired) electrons. The van der Waals surface area contributed by atoms with Gasteiger partial charge in [0.1, 0.15) is 11.6 Å². The Morgan fingerprint density at radius 1 is 1.39 bits per heavy atom. The molecule has 1 fully saturated rings. The summed E-state index contributed by atoms with van der Waals surface area (Å²) in [6.45, 7) is 3.57. The van der Waals surface area contributed by atoms with E-state index < -0.39 is 5.82 Å². The number of ketones is 1. The van der Waals surface area contributed by atoms with Gasteiger partial charge in [0, 0.05) is 0 Å². The van der Waals surface area contributed by atoms with Gasteiger partial charge in [0.25, 0.3) is 0 Å². The third-order valence-electron chi connectivity index (χ3n) is 3.51. The van der Waals surface area contributed by atoms with E-state index in [9.17, 15) is 9.18 Å². The molecule has 2 atom stereocenters. The Labute approximate surface area is 107 Å². The molecule has 0 N–H and O–H groups in total. The van der Waals surface area contributed by atoms with Crippen LogP contribution in [0.25, 0.3) is 0 Å². The molecule has 0 amide bonds. The SMILES string of the molecule is CC(=O)c1c(F)cccc1OC1CCCC(C)C1. The Bertz CT molecular complexity index is 442. The van der Waals surface area contributed by atoms with Crippen molar-refractivity contribution < 1.29 is 13.9 Å². The van der Waals surface area contributed by atoms with Crippen molar-refractivity contribution in [3.8, 4) is 5.75 Å². The third kappa shape index (κ3) is 2.89. The van der Waals surface area contributed by atoms with Crippen molar-refractivity contribution in [3.63, 3.8) is 0 Å². The monoisotopic (exact) mass is 250 g/mol. The van der Waals surface area contributed by atoms with Crippen molar-refractivity contribution in [2.75, 3.05) is 0 Å². The van der Waals surface area contributed by atoms with Crippen LogP contribution in [0, 0.1) is 11.7 Å². The quantitative estimate of drug-likeness (QED) is 0.758. The highest BCUT2D eigenvalue weighted by molar-refractivity contribution is 5.97. The zero-order valence-corrected chi connectivity index (χ0v) is 10.9. The second-order valence-electron chi connectivity index (χ2n) is 5.18. The minimum atomic E-state index is -0.496. The van der Waals surface area contributed by atoms with Gasteiger partial charge >= 0.3 is 0 Å². The minimum Gasteiger partial charge on any atom is -0.490 e. The molecule has 0 spiro atoms. The van der Waals surface area contributed by atoms with E-state index in [4.69, 9.17) is 4.74 Å². The molecule has 2 unspecified atom stereocenters. The first-order valence-electron chi connectivity index (χ1n) is 6.54. The lowest BCUT2D eigenvalue weighted by atomic mass is 9.88. The van der Waals surface area contributed by atoms with Crippen LogP contribution >= 0.6 is 0 Å². The van der Waals surface area contributed by atoms with Crippen LogP contribution in [0.4, 0.5) is 4.39 Å². The zero-order valence-electron chi connectivity index (χ0n) is 10.9. The molecular formula is C15H19FO2. The zero-order chi connectivity index (χ0) is 13.1. The van der Waals surface area contributed by atoms with Gasteiger partial charge in [-0.05, 0) is 44.2 Å². The Morgan fingerprint density at radius 2 is 2.17 bits per heavy atom. The Kier molecular flexibility index (Phi) is 4.00. The van der Waals surface area contributed by atoms with Gasteiger partial charge in [-0.1, -0.05) is 19.4 Å². The molecule has 98 valence electrons. The average Bonchev–Trinajstić information content (AvgIpc) is 2.28. The smallest absolute Gasteiger partial charge is 0.166 e. The lowest BCUT2D eigenvalue weighted by Crippen LogP contribution is -2.25. The number of carbonyl (C=O) groups excluding carboxylic acids is 1. The van der Waals surface area contributed by atoms with Crippen molar-refractivity contribution in [1.29, 1.82) is 0 Å². The molecule has 1 aliphatic rings. The number of Topliss-reactive ketones (excluding diaryl/α,β-unsaturated/α-hetero) is 1. The van der Waals surface area contributed by atoms with E-state index in [1.165, 1.54) is 19.4 Å². The number of hydrogen-bond acceptors (Lipinski definition) is 2. The van der Waals surface area contributed by atoms with E-state index in [2.05, 4.69) is 6.92 Å². The Hall–Kier alpha value is -1.38. The van der Waals surface area contributed by atoms with Crippen LogP contribution in [0.1, 0.15) is 49.9 Å². The van der Waals surface area contributed by atoms with Gasteiger partial charge in [-0.25, -0.2) is 4.39 Å². The minimum absolute atomic E-state index is 0.0794. The summed E-state index contributed by atoms with van der Waals surface area (Å²) in [5, 5.41) is 0. The maximum atomic E-state index is 13.6. The van der Waals surface area contributed by atoms with Crippen molar-refractivity contribution in [2.24, 2.45) is 5.92 Å². The highest BCUT2D eigenvalue weighted by Crippen LogP contribution is 2.30. The molecular weight excluding hydrogens is 231 g/mol. The first kappa shape index (κ1) is 13.1. The van der Waals surface area contributed by atoms with E-state index >= 15 is 0 Å². The average molecular weight is 250 g/mol. The fourth-order valence-electron chi connectivity index (χ4n) is 2.61. The van der Waals surface area contributed by atoms with E-state index in [1.807, 2.05) is 0 Å². The summed E-state index contributed by atoms with van der Waals surface area (Å²) in [6.07, 6.45) is 4.43. The molecule has 1 saturated carbocycles. The lowest BCUT2D eigenvalue weighted by Gasteiger charge is -2.28. The van der Waals surface area contributed by atoms with Crippen LogP contribution in [0.15, 0.2) is 18.2 Å². The van der Waals surface area contributed by atoms with Gasteiger partial charge in [0.05, 0.1) is 11.7 Å². The number of carbonyl (C=O) groups is 1. The molecule has 2 nitrogen and oxygen atoms in total. The molecule has 2 rings (SSSR count). The summed E-state index contributed by atoms with van der Waals surface area (Å²) in [5.74, 6) is 0.246. The molecule has 1 aromatic carbocycles. The lowest BCUT2D eigenvalue weighted by molar-refractivity contribution is 0.0988. The number of benzene rings is 1. The van der Waals surface area contributed by atoms with E-state index in [1.54, 1.807) is 12.1 Å². The van der Waals surface area contributed by atoms with Gasteiger partial charge in [0.15, 0.2) is 5.78 Å². The number of halogens is 1. The fraction of sp³-hybridized carbons (Fsp3) is 0.533. The summed E-state index contributed by atoms with van der Waals surface area (Å²) < 4.78 is 19.5. The van der Waals surface area contributed by atoms with Gasteiger partial charge in [0.2, 0.25) is 0 Å². The summed E-state index contributed by atoms with van der Waals surface area (Å²) in [6, 6.07) is 4.57. The summed E-state index contributed by atoms with van der Waals surface area (Å²) >= 11 is 0. The molecule has 3 heteroatoms. The predicted octanol–water partition coefficient (Wildman–Crippen LogP) is 3.99. The van der Waals surface area contributed by atoms with Crippen LogP contribution in [0.5, 0.6) is 5.75 Å². The molecule has 0 aliphatic heterocycles. The maximum Gasteiger partial charge on any atom is 0.166 e. The van der Waals surface area contributed by atoms with Gasteiger partial charge in [-0.3, -0.25) is 4.79 Å². The largest absolute Gasteiger partial charge is 0.490 e. The van der Waals surface area contributed by atoms with Crippen LogP contribution in [0.2, 0.25) is 0 Å². The first-order valence-corrected chi connectivity index (χ1v) is 6.54. The highest BCUT2D eigenvalue weighted by Gasteiger charge is 2.22. The van der Waals surface area contributed by atoms with Gasteiger partial charge in [-0.15, -0.1) is 0 Å². The van der Waals surface area contributed by atoms with E-state index in [-0.39, 0.29) is 17.5 Å². The van der Waals surface area contributed by atoms with Crippen LogP contribution in [0.3, 0.4) is 0 Å². The standard InChI is InChI=1S/C15H19FO2/c1-10-5-3-6-12(9-10)18-14-8-4-7-13(16)15(14)11(2)17/h4,7-8,10,12H,3,5-6,9H2,1-2H3. The van der Waals surface area contributed by atoms with E-state index in [0.29, 0.717) is 11.7 Å². The highest BCUT2D eigenvalue weighted by atomic mass is 19.1. The molecule has 0 bridgehead atoms. The Balaban J connectivity index is 2.18. The second-order valence-corrected chi connectivity index (χ2v) is 5.18. The van der Waals surface area contributed by atoms with Crippen LogP contribution in [-0.2, 0) is 0 Å². The number of ether oxygens (including phenoxy) is 1. The second kappa shape index (κ2) is 5.51. The van der Waals surface area contributed by atoms with Gasteiger partial charge in [-0.2, -0.15) is 0 Å². The van der Waals surface area contributed by atoms with Crippen molar-refractivity contribution in [1.82, 2.24) is 0 Å². The molecule has 0 aromatic heterocycles. The Morgan fingerprint density at radius 3 is 2.83 bits per heavy atom. The number of hydrogen-bond donors (Lipinski definition) is 0. The fourth-order valence-corrected chi connectivity index (χ4v) is 2.61. The van der Waals surface area contributed by atoms with Crippen LogP contribution in [-0.4, -0.2) is 11.9 Å². The van der Waals surface area contributed by atoms with E-state index in [0.717, 1.165) is 19.3 Å². The predicted molar refractivity (Wildman–Crippen MR) is 68.5 cm³/mol. The summed E-state index contributed by atoms with van der Waals surface area (Å²) in [7, 11) is 0. The van der Waals surface area contributed by atoms with Crippen molar-refractivity contribution >= 4 is 5.78 Å².